The Labute approximate surface area is 122 Å². The van der Waals surface area contributed by atoms with Gasteiger partial charge in [0, 0.05) is 31.0 Å². The molecule has 2 heterocycles. The molecule has 0 radical (unpaired) electrons. The SMILES string of the molecule is CCCC1=C/CS/C=C(/N2CCCCCC2)C/C=C\1. The normalized spacial score (nSPS) is 29.0. The van der Waals surface area contributed by atoms with E-state index in [1.807, 2.05) is 11.8 Å². The molecule has 0 aliphatic carbocycles. The van der Waals surface area contributed by atoms with Gasteiger partial charge in [-0.1, -0.05) is 50.0 Å². The Balaban J connectivity index is 1.97. The minimum atomic E-state index is 1.11. The molecule has 2 aliphatic heterocycles. The third-order valence-electron chi connectivity index (χ3n) is 3.87. The van der Waals surface area contributed by atoms with Crippen molar-refractivity contribution in [3.05, 3.63) is 34.9 Å². The Morgan fingerprint density at radius 3 is 2.68 bits per heavy atom. The van der Waals surface area contributed by atoms with E-state index in [1.165, 1.54) is 62.9 Å². The Morgan fingerprint density at radius 1 is 1.16 bits per heavy atom. The molecule has 0 N–H and O–H groups in total. The molecule has 0 aromatic carbocycles. The van der Waals surface area contributed by atoms with Crippen LogP contribution < -0.4 is 0 Å². The van der Waals surface area contributed by atoms with Gasteiger partial charge in [-0.05, 0) is 24.7 Å². The van der Waals surface area contributed by atoms with E-state index in [0.29, 0.717) is 0 Å². The molecule has 0 atom stereocenters. The van der Waals surface area contributed by atoms with Gasteiger partial charge in [-0.15, -0.1) is 11.8 Å². The second-order valence-electron chi connectivity index (χ2n) is 5.48. The monoisotopic (exact) mass is 277 g/mol. The quantitative estimate of drug-likeness (QED) is 0.704. The van der Waals surface area contributed by atoms with Gasteiger partial charge in [-0.25, -0.2) is 0 Å². The summed E-state index contributed by atoms with van der Waals surface area (Å²) < 4.78 is 0. The van der Waals surface area contributed by atoms with Crippen LogP contribution in [0.1, 0.15) is 51.9 Å². The van der Waals surface area contributed by atoms with Crippen molar-refractivity contribution in [3.63, 3.8) is 0 Å². The lowest BCUT2D eigenvalue weighted by atomic mass is 10.1. The van der Waals surface area contributed by atoms with Gasteiger partial charge >= 0.3 is 0 Å². The number of hydrogen-bond donors (Lipinski definition) is 0. The number of allylic oxidation sites excluding steroid dienone is 3. The van der Waals surface area contributed by atoms with Crippen LogP contribution >= 0.6 is 11.8 Å². The van der Waals surface area contributed by atoms with Gasteiger partial charge in [0.1, 0.15) is 0 Å². The van der Waals surface area contributed by atoms with Gasteiger partial charge < -0.3 is 4.90 Å². The molecule has 0 aromatic rings. The third-order valence-corrected chi connectivity index (χ3v) is 4.67. The molecule has 0 aromatic heterocycles. The van der Waals surface area contributed by atoms with Crippen molar-refractivity contribution in [1.82, 2.24) is 4.90 Å². The highest BCUT2D eigenvalue weighted by molar-refractivity contribution is 8.02. The first kappa shape index (κ1) is 14.8. The van der Waals surface area contributed by atoms with Crippen molar-refractivity contribution in [1.29, 1.82) is 0 Å². The maximum absolute atomic E-state index is 2.62. The highest BCUT2D eigenvalue weighted by atomic mass is 32.2. The summed E-state index contributed by atoms with van der Waals surface area (Å²) in [6.07, 6.45) is 16.2. The van der Waals surface area contributed by atoms with Crippen molar-refractivity contribution >= 4 is 11.8 Å². The number of hydrogen-bond acceptors (Lipinski definition) is 2. The van der Waals surface area contributed by atoms with Crippen LogP contribution in [0.3, 0.4) is 0 Å². The summed E-state index contributed by atoms with van der Waals surface area (Å²) in [5, 5.41) is 2.40. The molecule has 106 valence electrons. The molecule has 2 rings (SSSR count). The van der Waals surface area contributed by atoms with Gasteiger partial charge in [0.05, 0.1) is 0 Å². The fraction of sp³-hybridized carbons (Fsp3) is 0.647. The Hall–Kier alpha value is -0.630. The zero-order valence-electron chi connectivity index (χ0n) is 12.2. The van der Waals surface area contributed by atoms with E-state index in [0.717, 1.165) is 12.2 Å². The summed E-state index contributed by atoms with van der Waals surface area (Å²) >= 11 is 1.96. The standard InChI is InChI=1S/C17H27NS/c1-2-8-16-9-7-10-17(15-19-14-11-16)18-12-5-3-4-6-13-18/h7,9,11,15H,2-6,8,10,12-14H2,1H3/b9-7-,16-11-,17-15+. The van der Waals surface area contributed by atoms with Gasteiger partial charge in [0.15, 0.2) is 0 Å². The Kier molecular flexibility index (Phi) is 6.63. The summed E-state index contributed by atoms with van der Waals surface area (Å²) in [6.45, 7) is 4.78. The first-order chi connectivity index (χ1) is 9.40. The average Bonchev–Trinajstić information content (AvgIpc) is 2.63. The van der Waals surface area contributed by atoms with Crippen LogP contribution in [-0.2, 0) is 0 Å². The molecule has 1 saturated heterocycles. The maximum atomic E-state index is 2.62. The van der Waals surface area contributed by atoms with E-state index in [1.54, 1.807) is 0 Å². The Morgan fingerprint density at radius 2 is 1.95 bits per heavy atom. The van der Waals surface area contributed by atoms with E-state index in [4.69, 9.17) is 0 Å². The third kappa shape index (κ3) is 5.10. The minimum absolute atomic E-state index is 1.11. The molecule has 0 bridgehead atoms. The molecule has 2 aliphatic rings. The van der Waals surface area contributed by atoms with E-state index < -0.39 is 0 Å². The zero-order valence-corrected chi connectivity index (χ0v) is 13.1. The fourth-order valence-corrected chi connectivity index (χ4v) is 3.63. The van der Waals surface area contributed by atoms with Crippen LogP contribution in [0.25, 0.3) is 0 Å². The summed E-state index contributed by atoms with van der Waals surface area (Å²) in [6, 6.07) is 0. The van der Waals surface area contributed by atoms with E-state index >= 15 is 0 Å². The topological polar surface area (TPSA) is 3.24 Å². The van der Waals surface area contributed by atoms with Gasteiger partial charge in [0.2, 0.25) is 0 Å². The number of thioether (sulfide) groups is 1. The molecule has 2 heteroatoms. The lowest BCUT2D eigenvalue weighted by Crippen LogP contribution is -2.23. The lowest BCUT2D eigenvalue weighted by molar-refractivity contribution is 0.353. The summed E-state index contributed by atoms with van der Waals surface area (Å²) in [5.41, 5.74) is 3.05. The van der Waals surface area contributed by atoms with Crippen LogP contribution in [-0.4, -0.2) is 23.7 Å². The lowest BCUT2D eigenvalue weighted by Gasteiger charge is -2.25. The first-order valence-corrected chi connectivity index (χ1v) is 8.86. The highest BCUT2D eigenvalue weighted by Crippen LogP contribution is 2.23. The molecule has 0 unspecified atom stereocenters. The van der Waals surface area contributed by atoms with Crippen LogP contribution in [0, 0.1) is 0 Å². The van der Waals surface area contributed by atoms with E-state index in [9.17, 15) is 0 Å². The molecule has 19 heavy (non-hydrogen) atoms. The van der Waals surface area contributed by atoms with Gasteiger partial charge in [0.25, 0.3) is 0 Å². The number of likely N-dealkylation sites (tertiary alicyclic amines) is 1. The predicted octanol–water partition coefficient (Wildman–Crippen LogP) is 5.12. The molecule has 1 fully saturated rings. The average molecular weight is 277 g/mol. The molecular formula is C17H27NS. The zero-order chi connectivity index (χ0) is 13.3. The van der Waals surface area contributed by atoms with Crippen molar-refractivity contribution in [2.24, 2.45) is 0 Å². The van der Waals surface area contributed by atoms with Crippen molar-refractivity contribution in [2.75, 3.05) is 18.8 Å². The number of rotatable bonds is 3. The van der Waals surface area contributed by atoms with Gasteiger partial charge in [-0.3, -0.25) is 0 Å². The van der Waals surface area contributed by atoms with Gasteiger partial charge in [-0.2, -0.15) is 0 Å². The molecule has 0 amide bonds. The number of nitrogens with zero attached hydrogens (tertiary/aromatic N) is 1. The second kappa shape index (κ2) is 8.52. The summed E-state index contributed by atoms with van der Waals surface area (Å²) in [7, 11) is 0. The van der Waals surface area contributed by atoms with E-state index in [2.05, 4.69) is 35.5 Å². The summed E-state index contributed by atoms with van der Waals surface area (Å²) in [5.74, 6) is 1.12. The van der Waals surface area contributed by atoms with Crippen LogP contribution in [0.4, 0.5) is 0 Å². The van der Waals surface area contributed by atoms with Crippen LogP contribution in [0.15, 0.2) is 34.9 Å². The first-order valence-electron chi connectivity index (χ1n) is 7.81. The fourth-order valence-electron chi connectivity index (χ4n) is 2.78. The summed E-state index contributed by atoms with van der Waals surface area (Å²) in [4.78, 5) is 2.62. The van der Waals surface area contributed by atoms with Crippen molar-refractivity contribution in [3.8, 4) is 0 Å². The maximum Gasteiger partial charge on any atom is 0.0235 e. The predicted molar refractivity (Wildman–Crippen MR) is 87.3 cm³/mol. The molecular weight excluding hydrogens is 250 g/mol. The smallest absolute Gasteiger partial charge is 0.0235 e. The molecule has 0 saturated carbocycles. The molecule has 1 nitrogen and oxygen atoms in total. The Bertz CT molecular complexity index is 346. The van der Waals surface area contributed by atoms with Crippen LogP contribution in [0.2, 0.25) is 0 Å². The second-order valence-corrected chi connectivity index (χ2v) is 6.38. The minimum Gasteiger partial charge on any atom is -0.374 e. The van der Waals surface area contributed by atoms with E-state index in [-0.39, 0.29) is 0 Å². The van der Waals surface area contributed by atoms with Crippen molar-refractivity contribution in [2.45, 2.75) is 51.9 Å². The largest absolute Gasteiger partial charge is 0.374 e. The highest BCUT2D eigenvalue weighted by Gasteiger charge is 2.11. The molecule has 0 spiro atoms. The van der Waals surface area contributed by atoms with Crippen molar-refractivity contribution < 1.29 is 0 Å². The van der Waals surface area contributed by atoms with Crippen LogP contribution in [0.5, 0.6) is 0 Å².